The standard InChI is InChI=1S/C14H20N2O3S/c1-18-10-9-16(8-7-13(15)20)14(17)11-3-5-12(19-2)6-4-11/h3-6H,7-10H2,1-2H3,(H2,15,20). The molecule has 0 radical (unpaired) electrons. The van der Waals surface area contributed by atoms with E-state index in [1.54, 1.807) is 43.4 Å². The van der Waals surface area contributed by atoms with Crippen LogP contribution in [0.15, 0.2) is 24.3 Å². The average Bonchev–Trinajstić information content (AvgIpc) is 2.46. The van der Waals surface area contributed by atoms with Gasteiger partial charge >= 0.3 is 0 Å². The molecular formula is C14H20N2O3S. The summed E-state index contributed by atoms with van der Waals surface area (Å²) in [5, 5.41) is 0. The van der Waals surface area contributed by atoms with Gasteiger partial charge in [0.2, 0.25) is 0 Å². The molecule has 20 heavy (non-hydrogen) atoms. The molecule has 0 bridgehead atoms. The Hall–Kier alpha value is -1.66. The van der Waals surface area contributed by atoms with E-state index in [0.29, 0.717) is 42.4 Å². The Morgan fingerprint density at radius 3 is 2.40 bits per heavy atom. The lowest BCUT2D eigenvalue weighted by molar-refractivity contribution is 0.0701. The third kappa shape index (κ3) is 5.14. The molecule has 0 saturated carbocycles. The van der Waals surface area contributed by atoms with Crippen LogP contribution in [-0.2, 0) is 4.74 Å². The largest absolute Gasteiger partial charge is 0.497 e. The van der Waals surface area contributed by atoms with Gasteiger partial charge in [0.1, 0.15) is 5.75 Å². The molecule has 0 heterocycles. The quantitative estimate of drug-likeness (QED) is 0.736. The monoisotopic (exact) mass is 296 g/mol. The molecule has 0 spiro atoms. The number of rotatable bonds is 8. The summed E-state index contributed by atoms with van der Waals surface area (Å²) < 4.78 is 10.1. The molecule has 1 aromatic carbocycles. The molecule has 5 nitrogen and oxygen atoms in total. The minimum absolute atomic E-state index is 0.0686. The van der Waals surface area contributed by atoms with Crippen LogP contribution < -0.4 is 10.5 Å². The van der Waals surface area contributed by atoms with E-state index in [-0.39, 0.29) is 5.91 Å². The molecule has 0 aromatic heterocycles. The molecule has 1 rings (SSSR count). The maximum absolute atomic E-state index is 12.4. The lowest BCUT2D eigenvalue weighted by Gasteiger charge is -2.22. The fourth-order valence-corrected chi connectivity index (χ4v) is 1.77. The SMILES string of the molecule is COCCN(CCC(N)=S)C(=O)c1ccc(OC)cc1. The van der Waals surface area contributed by atoms with Gasteiger partial charge in [0, 0.05) is 32.2 Å². The number of ether oxygens (including phenoxy) is 2. The van der Waals surface area contributed by atoms with Crippen LogP contribution in [-0.4, -0.2) is 49.7 Å². The lowest BCUT2D eigenvalue weighted by Crippen LogP contribution is -2.36. The maximum Gasteiger partial charge on any atom is 0.253 e. The van der Waals surface area contributed by atoms with E-state index in [4.69, 9.17) is 27.4 Å². The predicted octanol–water partition coefficient (Wildman–Crippen LogP) is 1.46. The number of hydrogen-bond donors (Lipinski definition) is 1. The summed E-state index contributed by atoms with van der Waals surface area (Å²) in [5.41, 5.74) is 6.09. The van der Waals surface area contributed by atoms with Crippen molar-refractivity contribution in [1.82, 2.24) is 4.90 Å². The molecule has 0 atom stereocenters. The van der Waals surface area contributed by atoms with Crippen molar-refractivity contribution in [1.29, 1.82) is 0 Å². The maximum atomic E-state index is 12.4. The molecule has 0 saturated heterocycles. The molecule has 6 heteroatoms. The summed E-state index contributed by atoms with van der Waals surface area (Å²) in [5.74, 6) is 0.647. The van der Waals surface area contributed by atoms with E-state index in [2.05, 4.69) is 0 Å². The number of nitrogens with zero attached hydrogens (tertiary/aromatic N) is 1. The van der Waals surface area contributed by atoms with Crippen molar-refractivity contribution >= 4 is 23.1 Å². The molecule has 110 valence electrons. The van der Waals surface area contributed by atoms with Gasteiger partial charge in [-0.3, -0.25) is 4.79 Å². The number of hydrogen-bond acceptors (Lipinski definition) is 4. The summed E-state index contributed by atoms with van der Waals surface area (Å²) in [6, 6.07) is 6.99. The summed E-state index contributed by atoms with van der Waals surface area (Å²) in [7, 11) is 3.19. The minimum Gasteiger partial charge on any atom is -0.497 e. The van der Waals surface area contributed by atoms with Gasteiger partial charge in [0.05, 0.1) is 18.7 Å². The van der Waals surface area contributed by atoms with E-state index in [0.717, 1.165) is 0 Å². The summed E-state index contributed by atoms with van der Waals surface area (Å²) >= 11 is 4.85. The number of benzene rings is 1. The minimum atomic E-state index is -0.0686. The zero-order valence-electron chi connectivity index (χ0n) is 11.8. The molecule has 0 aliphatic heterocycles. The fourth-order valence-electron chi connectivity index (χ4n) is 1.68. The van der Waals surface area contributed by atoms with Crippen LogP contribution in [0.1, 0.15) is 16.8 Å². The van der Waals surface area contributed by atoms with Crippen molar-refractivity contribution in [2.75, 3.05) is 33.9 Å². The van der Waals surface area contributed by atoms with Crippen LogP contribution in [0.4, 0.5) is 0 Å². The van der Waals surface area contributed by atoms with Crippen LogP contribution in [0.2, 0.25) is 0 Å². The number of methoxy groups -OCH3 is 2. The molecule has 0 aliphatic carbocycles. The summed E-state index contributed by atoms with van der Waals surface area (Å²) in [6.45, 7) is 1.47. The highest BCUT2D eigenvalue weighted by Gasteiger charge is 2.15. The van der Waals surface area contributed by atoms with Crippen LogP contribution in [0.25, 0.3) is 0 Å². The van der Waals surface area contributed by atoms with Crippen LogP contribution in [0.3, 0.4) is 0 Å². The number of thiocarbonyl (C=S) groups is 1. The summed E-state index contributed by atoms with van der Waals surface area (Å²) in [6.07, 6.45) is 0.501. The second-order valence-corrected chi connectivity index (χ2v) is 4.75. The Kier molecular flexibility index (Phi) is 6.97. The molecule has 1 aromatic rings. The van der Waals surface area contributed by atoms with Crippen molar-refractivity contribution in [3.8, 4) is 5.75 Å². The topological polar surface area (TPSA) is 64.8 Å². The third-order valence-electron chi connectivity index (χ3n) is 2.82. The van der Waals surface area contributed by atoms with E-state index >= 15 is 0 Å². The first-order chi connectivity index (χ1) is 9.58. The molecule has 1 amide bonds. The van der Waals surface area contributed by atoms with Gasteiger partial charge in [-0.05, 0) is 24.3 Å². The number of amides is 1. The normalized spacial score (nSPS) is 10.1. The van der Waals surface area contributed by atoms with Crippen LogP contribution in [0, 0.1) is 0 Å². The average molecular weight is 296 g/mol. The fraction of sp³-hybridized carbons (Fsp3) is 0.429. The highest BCUT2D eigenvalue weighted by atomic mass is 32.1. The Labute approximate surface area is 124 Å². The van der Waals surface area contributed by atoms with E-state index in [9.17, 15) is 4.79 Å². The number of carbonyl (C=O) groups is 1. The predicted molar refractivity (Wildman–Crippen MR) is 82.2 cm³/mol. The number of nitrogens with two attached hydrogens (primary N) is 1. The smallest absolute Gasteiger partial charge is 0.253 e. The molecule has 0 aliphatic rings. The van der Waals surface area contributed by atoms with Gasteiger partial charge in [-0.1, -0.05) is 12.2 Å². The molecular weight excluding hydrogens is 276 g/mol. The van der Waals surface area contributed by atoms with Gasteiger partial charge in [-0.2, -0.15) is 0 Å². The first-order valence-electron chi connectivity index (χ1n) is 6.29. The van der Waals surface area contributed by atoms with Gasteiger partial charge in [0.25, 0.3) is 5.91 Å². The van der Waals surface area contributed by atoms with Crippen molar-refractivity contribution in [2.45, 2.75) is 6.42 Å². The first-order valence-corrected chi connectivity index (χ1v) is 6.70. The molecule has 0 unspecified atom stereocenters. The van der Waals surface area contributed by atoms with Crippen molar-refractivity contribution in [2.24, 2.45) is 5.73 Å². The van der Waals surface area contributed by atoms with Gasteiger partial charge < -0.3 is 20.1 Å². The van der Waals surface area contributed by atoms with Crippen LogP contribution >= 0.6 is 12.2 Å². The third-order valence-corrected chi connectivity index (χ3v) is 3.02. The molecule has 2 N–H and O–H groups in total. The summed E-state index contributed by atoms with van der Waals surface area (Å²) in [4.78, 5) is 14.5. The second-order valence-electron chi connectivity index (χ2n) is 4.23. The second kappa shape index (κ2) is 8.50. The zero-order valence-corrected chi connectivity index (χ0v) is 12.6. The highest BCUT2D eigenvalue weighted by molar-refractivity contribution is 7.80. The Morgan fingerprint density at radius 2 is 1.90 bits per heavy atom. The lowest BCUT2D eigenvalue weighted by atomic mass is 10.2. The number of carbonyl (C=O) groups excluding carboxylic acids is 1. The Morgan fingerprint density at radius 1 is 1.25 bits per heavy atom. The van der Waals surface area contributed by atoms with Crippen molar-refractivity contribution in [3.63, 3.8) is 0 Å². The van der Waals surface area contributed by atoms with E-state index in [1.165, 1.54) is 0 Å². The van der Waals surface area contributed by atoms with Crippen LogP contribution in [0.5, 0.6) is 5.75 Å². The molecule has 0 fully saturated rings. The van der Waals surface area contributed by atoms with Gasteiger partial charge in [-0.25, -0.2) is 0 Å². The van der Waals surface area contributed by atoms with Gasteiger partial charge in [0.15, 0.2) is 0 Å². The Balaban J connectivity index is 2.76. The first kappa shape index (κ1) is 16.4. The Bertz CT molecular complexity index is 448. The zero-order chi connectivity index (χ0) is 15.0. The van der Waals surface area contributed by atoms with Crippen molar-refractivity contribution in [3.05, 3.63) is 29.8 Å². The van der Waals surface area contributed by atoms with Crippen molar-refractivity contribution < 1.29 is 14.3 Å². The van der Waals surface area contributed by atoms with E-state index < -0.39 is 0 Å². The van der Waals surface area contributed by atoms with E-state index in [1.807, 2.05) is 0 Å². The van der Waals surface area contributed by atoms with Gasteiger partial charge in [-0.15, -0.1) is 0 Å². The highest BCUT2D eigenvalue weighted by Crippen LogP contribution is 2.13.